The Labute approximate surface area is 159 Å². The van der Waals surface area contributed by atoms with Crippen LogP contribution in [0.2, 0.25) is 0 Å². The highest BCUT2D eigenvalue weighted by Gasteiger charge is 2.24. The normalized spacial score (nSPS) is 17.6. The summed E-state index contributed by atoms with van der Waals surface area (Å²) >= 11 is 0. The van der Waals surface area contributed by atoms with Crippen LogP contribution in [0.15, 0.2) is 48.5 Å². The van der Waals surface area contributed by atoms with Crippen LogP contribution in [0.25, 0.3) is 0 Å². The molecule has 6 heteroatoms. The van der Waals surface area contributed by atoms with Gasteiger partial charge < -0.3 is 19.5 Å². The van der Waals surface area contributed by atoms with Crippen molar-refractivity contribution in [3.63, 3.8) is 0 Å². The van der Waals surface area contributed by atoms with Crippen LogP contribution in [-0.2, 0) is 11.3 Å². The Morgan fingerprint density at radius 1 is 1.15 bits per heavy atom. The molecule has 1 fully saturated rings. The quantitative estimate of drug-likeness (QED) is 0.809. The van der Waals surface area contributed by atoms with Crippen molar-refractivity contribution in [1.82, 2.24) is 4.90 Å². The van der Waals surface area contributed by atoms with Gasteiger partial charge in [0.15, 0.2) is 18.1 Å². The van der Waals surface area contributed by atoms with Gasteiger partial charge in [0, 0.05) is 37.9 Å². The summed E-state index contributed by atoms with van der Waals surface area (Å²) < 4.78 is 10.6. The van der Waals surface area contributed by atoms with E-state index in [0.29, 0.717) is 17.5 Å². The van der Waals surface area contributed by atoms with E-state index in [9.17, 15) is 4.79 Å². The lowest BCUT2D eigenvalue weighted by molar-refractivity contribution is -0.139. The third kappa shape index (κ3) is 4.92. The van der Waals surface area contributed by atoms with Crippen LogP contribution in [0.3, 0.4) is 0 Å². The first kappa shape index (κ1) is 19.0. The second-order valence-corrected chi connectivity index (χ2v) is 6.77. The van der Waals surface area contributed by atoms with Gasteiger partial charge in [0.1, 0.15) is 0 Å². The van der Waals surface area contributed by atoms with Crippen LogP contribution < -0.4 is 14.4 Å². The van der Waals surface area contributed by atoms with Gasteiger partial charge in [-0.3, -0.25) is 4.90 Å². The SMILES string of the molecule is COc1ccc(CN2CCN(c3ccccc3)CC2C)cc1OCC(=O)O. The first-order valence-corrected chi connectivity index (χ1v) is 9.12. The molecular weight excluding hydrogens is 344 g/mol. The summed E-state index contributed by atoms with van der Waals surface area (Å²) in [5, 5.41) is 8.84. The second-order valence-electron chi connectivity index (χ2n) is 6.77. The Kier molecular flexibility index (Phi) is 6.19. The van der Waals surface area contributed by atoms with Crippen molar-refractivity contribution < 1.29 is 19.4 Å². The van der Waals surface area contributed by atoms with Crippen molar-refractivity contribution in [2.75, 3.05) is 38.3 Å². The monoisotopic (exact) mass is 370 g/mol. The molecule has 0 saturated carbocycles. The highest BCUT2D eigenvalue weighted by Crippen LogP contribution is 2.29. The first-order chi connectivity index (χ1) is 13.1. The lowest BCUT2D eigenvalue weighted by Crippen LogP contribution is -2.51. The van der Waals surface area contributed by atoms with Crippen molar-refractivity contribution in [2.45, 2.75) is 19.5 Å². The van der Waals surface area contributed by atoms with E-state index in [1.54, 1.807) is 7.11 Å². The molecule has 1 N–H and O–H groups in total. The van der Waals surface area contributed by atoms with Gasteiger partial charge in [0.25, 0.3) is 0 Å². The number of anilines is 1. The summed E-state index contributed by atoms with van der Waals surface area (Å²) in [6, 6.07) is 16.6. The predicted octanol–water partition coefficient (Wildman–Crippen LogP) is 2.87. The zero-order valence-corrected chi connectivity index (χ0v) is 15.8. The van der Waals surface area contributed by atoms with Gasteiger partial charge in [-0.2, -0.15) is 0 Å². The van der Waals surface area contributed by atoms with Gasteiger partial charge >= 0.3 is 5.97 Å². The molecule has 144 valence electrons. The topological polar surface area (TPSA) is 62.2 Å². The molecule has 6 nitrogen and oxygen atoms in total. The van der Waals surface area contributed by atoms with Crippen LogP contribution in [0.1, 0.15) is 12.5 Å². The maximum Gasteiger partial charge on any atom is 0.341 e. The van der Waals surface area contributed by atoms with Crippen molar-refractivity contribution >= 4 is 11.7 Å². The Bertz CT molecular complexity index is 766. The van der Waals surface area contributed by atoms with E-state index in [0.717, 1.165) is 31.7 Å². The number of hydrogen-bond acceptors (Lipinski definition) is 5. The molecule has 0 spiro atoms. The van der Waals surface area contributed by atoms with Gasteiger partial charge in [-0.25, -0.2) is 4.79 Å². The van der Waals surface area contributed by atoms with E-state index in [1.165, 1.54) is 5.69 Å². The molecule has 0 amide bonds. The average Bonchev–Trinajstić information content (AvgIpc) is 2.68. The standard InChI is InChI=1S/C21H26N2O4/c1-16-13-23(18-6-4-3-5-7-18)11-10-22(16)14-17-8-9-19(26-2)20(12-17)27-15-21(24)25/h3-9,12,16H,10-11,13-15H2,1-2H3,(H,24,25). The number of carbonyl (C=O) groups is 1. The second kappa shape index (κ2) is 8.77. The Balaban J connectivity index is 1.65. The maximum absolute atomic E-state index is 10.8. The minimum atomic E-state index is -1.01. The lowest BCUT2D eigenvalue weighted by Gasteiger charge is -2.41. The third-order valence-corrected chi connectivity index (χ3v) is 4.85. The van der Waals surface area contributed by atoms with Gasteiger partial charge in [-0.15, -0.1) is 0 Å². The molecule has 1 unspecified atom stereocenters. The molecular formula is C21H26N2O4. The summed E-state index contributed by atoms with van der Waals surface area (Å²) in [7, 11) is 1.55. The fourth-order valence-corrected chi connectivity index (χ4v) is 3.41. The van der Waals surface area contributed by atoms with Crippen molar-refractivity contribution in [3.05, 3.63) is 54.1 Å². The van der Waals surface area contributed by atoms with Crippen LogP contribution >= 0.6 is 0 Å². The van der Waals surface area contributed by atoms with Gasteiger partial charge in [-0.1, -0.05) is 24.3 Å². The van der Waals surface area contributed by atoms with Crippen molar-refractivity contribution in [2.24, 2.45) is 0 Å². The maximum atomic E-state index is 10.8. The zero-order chi connectivity index (χ0) is 19.2. The van der Waals surface area contributed by atoms with Crippen molar-refractivity contribution in [3.8, 4) is 11.5 Å². The molecule has 1 saturated heterocycles. The smallest absolute Gasteiger partial charge is 0.341 e. The molecule has 2 aromatic carbocycles. The molecule has 1 aliphatic rings. The van der Waals surface area contributed by atoms with Gasteiger partial charge in [0.2, 0.25) is 0 Å². The molecule has 0 bridgehead atoms. The number of methoxy groups -OCH3 is 1. The van der Waals surface area contributed by atoms with Crippen LogP contribution in [0.5, 0.6) is 11.5 Å². The summed E-state index contributed by atoms with van der Waals surface area (Å²) in [6.07, 6.45) is 0. The number of ether oxygens (including phenoxy) is 2. The third-order valence-electron chi connectivity index (χ3n) is 4.85. The van der Waals surface area contributed by atoms with E-state index >= 15 is 0 Å². The fourth-order valence-electron chi connectivity index (χ4n) is 3.41. The van der Waals surface area contributed by atoms with Crippen LogP contribution in [0, 0.1) is 0 Å². The van der Waals surface area contributed by atoms with Crippen molar-refractivity contribution in [1.29, 1.82) is 0 Å². The van der Waals surface area contributed by atoms with Gasteiger partial charge in [0.05, 0.1) is 7.11 Å². The summed E-state index contributed by atoms with van der Waals surface area (Å²) in [5.41, 5.74) is 2.34. The fraction of sp³-hybridized carbons (Fsp3) is 0.381. The highest BCUT2D eigenvalue weighted by atomic mass is 16.5. The van der Waals surface area contributed by atoms with E-state index in [2.05, 4.69) is 41.0 Å². The number of aliphatic carboxylic acids is 1. The van der Waals surface area contributed by atoms with E-state index in [-0.39, 0.29) is 6.61 Å². The number of carboxylic acids is 1. The number of benzene rings is 2. The van der Waals surface area contributed by atoms with Crippen LogP contribution in [0.4, 0.5) is 5.69 Å². The zero-order valence-electron chi connectivity index (χ0n) is 15.8. The summed E-state index contributed by atoms with van der Waals surface area (Å²) in [4.78, 5) is 15.6. The number of para-hydroxylation sites is 1. The molecule has 0 aliphatic carbocycles. The molecule has 27 heavy (non-hydrogen) atoms. The number of rotatable bonds is 7. The molecule has 2 aromatic rings. The minimum absolute atomic E-state index is 0.383. The van der Waals surface area contributed by atoms with E-state index < -0.39 is 5.97 Å². The Morgan fingerprint density at radius 3 is 2.59 bits per heavy atom. The lowest BCUT2D eigenvalue weighted by atomic mass is 10.1. The first-order valence-electron chi connectivity index (χ1n) is 9.12. The number of nitrogens with zero attached hydrogens (tertiary/aromatic N) is 2. The molecule has 1 heterocycles. The Hall–Kier alpha value is -2.73. The molecule has 1 atom stereocenters. The average molecular weight is 370 g/mol. The minimum Gasteiger partial charge on any atom is -0.493 e. The van der Waals surface area contributed by atoms with Crippen LogP contribution in [-0.4, -0.2) is 55.4 Å². The number of carboxylic acid groups (broad SMARTS) is 1. The highest BCUT2D eigenvalue weighted by molar-refractivity contribution is 5.68. The molecule has 1 aliphatic heterocycles. The molecule has 0 radical (unpaired) electrons. The number of hydrogen-bond donors (Lipinski definition) is 1. The number of piperazine rings is 1. The molecule has 3 rings (SSSR count). The van der Waals surface area contributed by atoms with E-state index in [4.69, 9.17) is 14.6 Å². The van der Waals surface area contributed by atoms with Gasteiger partial charge in [-0.05, 0) is 36.8 Å². The molecule has 0 aromatic heterocycles. The summed E-state index contributed by atoms with van der Waals surface area (Å²) in [6.45, 7) is 5.56. The largest absolute Gasteiger partial charge is 0.493 e. The summed E-state index contributed by atoms with van der Waals surface area (Å²) in [5.74, 6) is 0.00281. The Morgan fingerprint density at radius 2 is 1.93 bits per heavy atom. The van der Waals surface area contributed by atoms with E-state index in [1.807, 2.05) is 24.3 Å². The predicted molar refractivity (Wildman–Crippen MR) is 105 cm³/mol.